The molecule has 2 aromatic rings. The molecule has 8 heteroatoms. The van der Waals surface area contributed by atoms with Gasteiger partial charge in [-0.25, -0.2) is 13.8 Å². The van der Waals surface area contributed by atoms with Crippen LogP contribution in [0.4, 0.5) is 14.5 Å². The highest BCUT2D eigenvalue weighted by Gasteiger charge is 2.13. The summed E-state index contributed by atoms with van der Waals surface area (Å²) in [4.78, 5) is 6.08. The smallest absolute Gasteiger partial charge is 0.158 e. The van der Waals surface area contributed by atoms with E-state index >= 15 is 0 Å². The SMILES string of the molecule is N#Cc1cn(-c2c(F)cc(N=[N+]=[N-])cc2F)cn1. The Kier molecular flexibility index (Phi) is 2.91. The third-order valence-corrected chi connectivity index (χ3v) is 2.12. The van der Waals surface area contributed by atoms with Gasteiger partial charge in [0.15, 0.2) is 17.3 Å². The predicted octanol–water partition coefficient (Wildman–Crippen LogP) is 2.96. The van der Waals surface area contributed by atoms with Crippen molar-refractivity contribution in [3.05, 3.63) is 52.4 Å². The van der Waals surface area contributed by atoms with Crippen molar-refractivity contribution in [3.8, 4) is 11.8 Å². The van der Waals surface area contributed by atoms with Crippen LogP contribution in [0.5, 0.6) is 0 Å². The van der Waals surface area contributed by atoms with Crippen molar-refractivity contribution in [2.24, 2.45) is 5.11 Å². The number of nitriles is 1. The van der Waals surface area contributed by atoms with Crippen LogP contribution < -0.4 is 0 Å². The van der Waals surface area contributed by atoms with E-state index in [0.29, 0.717) is 0 Å². The van der Waals surface area contributed by atoms with Crippen molar-refractivity contribution in [2.45, 2.75) is 0 Å². The Labute approximate surface area is 99.3 Å². The highest BCUT2D eigenvalue weighted by molar-refractivity contribution is 5.47. The first kappa shape index (κ1) is 11.6. The van der Waals surface area contributed by atoms with Gasteiger partial charge in [0.1, 0.15) is 18.1 Å². The number of hydrogen-bond donors (Lipinski definition) is 0. The van der Waals surface area contributed by atoms with Crippen LogP contribution in [-0.4, -0.2) is 9.55 Å². The lowest BCUT2D eigenvalue weighted by atomic mass is 10.2. The van der Waals surface area contributed by atoms with Gasteiger partial charge < -0.3 is 0 Å². The van der Waals surface area contributed by atoms with Crippen molar-refractivity contribution >= 4 is 5.69 Å². The second-order valence-electron chi connectivity index (χ2n) is 3.23. The summed E-state index contributed by atoms with van der Waals surface area (Å²) in [5.41, 5.74) is 7.66. The van der Waals surface area contributed by atoms with E-state index in [1.165, 1.54) is 6.20 Å². The first-order valence-electron chi connectivity index (χ1n) is 4.64. The van der Waals surface area contributed by atoms with E-state index in [4.69, 9.17) is 10.8 Å². The zero-order valence-electron chi connectivity index (χ0n) is 8.75. The number of halogens is 2. The maximum Gasteiger partial charge on any atom is 0.158 e. The van der Waals surface area contributed by atoms with Crippen LogP contribution >= 0.6 is 0 Å². The molecule has 0 fully saturated rings. The average Bonchev–Trinajstić information content (AvgIpc) is 2.77. The predicted molar refractivity (Wildman–Crippen MR) is 57.0 cm³/mol. The summed E-state index contributed by atoms with van der Waals surface area (Å²) in [5, 5.41) is 11.7. The number of rotatable bonds is 2. The Morgan fingerprint density at radius 3 is 2.56 bits per heavy atom. The van der Waals surface area contributed by atoms with E-state index in [0.717, 1.165) is 23.0 Å². The van der Waals surface area contributed by atoms with E-state index in [1.54, 1.807) is 6.07 Å². The van der Waals surface area contributed by atoms with Gasteiger partial charge in [-0.3, -0.25) is 4.57 Å². The second-order valence-corrected chi connectivity index (χ2v) is 3.23. The molecule has 0 aliphatic carbocycles. The molecule has 0 aliphatic heterocycles. The lowest BCUT2D eigenvalue weighted by Crippen LogP contribution is -1.98. The molecule has 0 N–H and O–H groups in total. The number of hydrogen-bond acceptors (Lipinski definition) is 3. The maximum absolute atomic E-state index is 13.7. The first-order chi connectivity index (χ1) is 8.65. The second kappa shape index (κ2) is 4.53. The molecule has 18 heavy (non-hydrogen) atoms. The zero-order chi connectivity index (χ0) is 13.1. The Bertz CT molecular complexity index is 670. The standard InChI is InChI=1S/C10H4F2N6/c11-8-1-6(16-17-14)2-9(12)10(8)18-4-7(3-13)15-5-18/h1-2,4-5H. The lowest BCUT2D eigenvalue weighted by Gasteiger charge is -2.06. The monoisotopic (exact) mass is 246 g/mol. The molecular formula is C10H4F2N6. The maximum atomic E-state index is 13.7. The molecule has 1 heterocycles. The van der Waals surface area contributed by atoms with Crippen molar-refractivity contribution in [3.63, 3.8) is 0 Å². The molecule has 0 aliphatic rings. The first-order valence-corrected chi connectivity index (χ1v) is 4.64. The van der Waals surface area contributed by atoms with E-state index in [1.807, 2.05) is 0 Å². The molecule has 2 rings (SSSR count). The fourth-order valence-electron chi connectivity index (χ4n) is 1.41. The van der Waals surface area contributed by atoms with Crippen LogP contribution in [0.25, 0.3) is 16.1 Å². The van der Waals surface area contributed by atoms with Crippen molar-refractivity contribution < 1.29 is 8.78 Å². The van der Waals surface area contributed by atoms with Gasteiger partial charge >= 0.3 is 0 Å². The van der Waals surface area contributed by atoms with Crippen LogP contribution in [-0.2, 0) is 0 Å². The molecule has 0 spiro atoms. The fraction of sp³-hybridized carbons (Fsp3) is 0. The van der Waals surface area contributed by atoms with Gasteiger partial charge in [-0.15, -0.1) is 0 Å². The minimum absolute atomic E-state index is 0.0351. The van der Waals surface area contributed by atoms with Crippen LogP contribution in [0, 0.1) is 23.0 Å². The Hall–Kier alpha value is -2.91. The highest BCUT2D eigenvalue weighted by Crippen LogP contribution is 2.24. The van der Waals surface area contributed by atoms with Gasteiger partial charge in [0.05, 0.1) is 0 Å². The molecule has 0 saturated heterocycles. The quantitative estimate of drug-likeness (QED) is 0.463. The summed E-state index contributed by atoms with van der Waals surface area (Å²) >= 11 is 0. The topological polar surface area (TPSA) is 90.4 Å². The van der Waals surface area contributed by atoms with Gasteiger partial charge in [-0.05, 0) is 17.7 Å². The van der Waals surface area contributed by atoms with Crippen molar-refractivity contribution in [1.29, 1.82) is 5.26 Å². The number of benzene rings is 1. The number of azide groups is 1. The van der Waals surface area contributed by atoms with Crippen molar-refractivity contribution in [2.75, 3.05) is 0 Å². The molecule has 88 valence electrons. The molecule has 0 amide bonds. The summed E-state index contributed by atoms with van der Waals surface area (Å²) in [7, 11) is 0. The average molecular weight is 246 g/mol. The van der Waals surface area contributed by atoms with E-state index < -0.39 is 11.6 Å². The summed E-state index contributed by atoms with van der Waals surface area (Å²) in [6.45, 7) is 0. The summed E-state index contributed by atoms with van der Waals surface area (Å²) in [6.07, 6.45) is 2.31. The van der Waals surface area contributed by atoms with Crippen LogP contribution in [0.3, 0.4) is 0 Å². The summed E-state index contributed by atoms with van der Waals surface area (Å²) in [5.74, 6) is -1.83. The van der Waals surface area contributed by atoms with Gasteiger partial charge in [-0.1, -0.05) is 5.11 Å². The van der Waals surface area contributed by atoms with Gasteiger partial charge in [0.2, 0.25) is 0 Å². The van der Waals surface area contributed by atoms with Gasteiger partial charge in [-0.2, -0.15) is 5.26 Å². The molecule has 0 bridgehead atoms. The molecule has 1 aromatic carbocycles. The minimum atomic E-state index is -0.917. The van der Waals surface area contributed by atoms with E-state index in [-0.39, 0.29) is 17.1 Å². The molecule has 1 aromatic heterocycles. The fourth-order valence-corrected chi connectivity index (χ4v) is 1.41. The van der Waals surface area contributed by atoms with E-state index in [9.17, 15) is 8.78 Å². The summed E-state index contributed by atoms with van der Waals surface area (Å²) in [6, 6.07) is 3.53. The third-order valence-electron chi connectivity index (χ3n) is 2.12. The zero-order valence-corrected chi connectivity index (χ0v) is 8.75. The molecular weight excluding hydrogens is 242 g/mol. The summed E-state index contributed by atoms with van der Waals surface area (Å²) < 4.78 is 28.4. The molecule has 0 saturated carbocycles. The molecule has 0 unspecified atom stereocenters. The van der Waals surface area contributed by atoms with Crippen LogP contribution in [0.2, 0.25) is 0 Å². The normalized spacial score (nSPS) is 9.61. The molecule has 0 radical (unpaired) electrons. The van der Waals surface area contributed by atoms with Crippen LogP contribution in [0.1, 0.15) is 5.69 Å². The van der Waals surface area contributed by atoms with Gasteiger partial charge in [0.25, 0.3) is 0 Å². The van der Waals surface area contributed by atoms with Crippen molar-refractivity contribution in [1.82, 2.24) is 9.55 Å². The minimum Gasteiger partial charge on any atom is -0.300 e. The van der Waals surface area contributed by atoms with Gasteiger partial charge in [0, 0.05) is 16.8 Å². The van der Waals surface area contributed by atoms with Crippen LogP contribution in [0.15, 0.2) is 29.8 Å². The number of imidazole rings is 1. The highest BCUT2D eigenvalue weighted by atomic mass is 19.1. The Morgan fingerprint density at radius 1 is 1.39 bits per heavy atom. The van der Waals surface area contributed by atoms with E-state index in [2.05, 4.69) is 15.0 Å². The number of nitrogens with zero attached hydrogens (tertiary/aromatic N) is 6. The number of aromatic nitrogens is 2. The third kappa shape index (κ3) is 1.98. The molecule has 6 nitrogen and oxygen atoms in total. The molecule has 0 atom stereocenters. The lowest BCUT2D eigenvalue weighted by molar-refractivity contribution is 0.569. The largest absolute Gasteiger partial charge is 0.300 e. The Balaban J connectivity index is 2.58. The Morgan fingerprint density at radius 2 is 2.06 bits per heavy atom.